The topological polar surface area (TPSA) is 74.5 Å². The SMILES string of the molecule is CCCC(CCO)CN=C(NCC)NCCn1ccnc1. The van der Waals surface area contributed by atoms with Gasteiger partial charge in [0.1, 0.15) is 0 Å². The minimum atomic E-state index is 0.241. The number of guanidine groups is 1. The zero-order valence-corrected chi connectivity index (χ0v) is 13.3. The second kappa shape index (κ2) is 11.1. The smallest absolute Gasteiger partial charge is 0.191 e. The van der Waals surface area contributed by atoms with Crippen molar-refractivity contribution < 1.29 is 5.11 Å². The lowest BCUT2D eigenvalue weighted by Crippen LogP contribution is -2.39. The number of rotatable bonds is 10. The highest BCUT2D eigenvalue weighted by Crippen LogP contribution is 2.10. The monoisotopic (exact) mass is 295 g/mol. The van der Waals surface area contributed by atoms with E-state index >= 15 is 0 Å². The molecule has 21 heavy (non-hydrogen) atoms. The van der Waals surface area contributed by atoms with Crippen molar-refractivity contribution in [2.75, 3.05) is 26.2 Å². The van der Waals surface area contributed by atoms with Crippen molar-refractivity contribution in [1.29, 1.82) is 0 Å². The third-order valence-electron chi connectivity index (χ3n) is 3.31. The first-order valence-electron chi connectivity index (χ1n) is 7.88. The summed E-state index contributed by atoms with van der Waals surface area (Å²) in [5, 5.41) is 15.7. The van der Waals surface area contributed by atoms with Gasteiger partial charge >= 0.3 is 0 Å². The Balaban J connectivity index is 2.40. The van der Waals surface area contributed by atoms with Crippen LogP contribution in [0.4, 0.5) is 0 Å². The van der Waals surface area contributed by atoms with Crippen molar-refractivity contribution >= 4 is 5.96 Å². The van der Waals surface area contributed by atoms with Crippen LogP contribution < -0.4 is 10.6 Å². The molecule has 1 heterocycles. The number of hydrogen-bond acceptors (Lipinski definition) is 3. The van der Waals surface area contributed by atoms with Crippen LogP contribution in [0.2, 0.25) is 0 Å². The number of aliphatic imine (C=N–C) groups is 1. The minimum Gasteiger partial charge on any atom is -0.396 e. The lowest BCUT2D eigenvalue weighted by Gasteiger charge is -2.15. The van der Waals surface area contributed by atoms with Gasteiger partial charge < -0.3 is 20.3 Å². The highest BCUT2D eigenvalue weighted by atomic mass is 16.3. The predicted molar refractivity (Wildman–Crippen MR) is 86.3 cm³/mol. The molecule has 0 saturated heterocycles. The molecule has 6 nitrogen and oxygen atoms in total. The van der Waals surface area contributed by atoms with Crippen LogP contribution in [0.15, 0.2) is 23.7 Å². The van der Waals surface area contributed by atoms with Crippen molar-refractivity contribution in [1.82, 2.24) is 20.2 Å². The Hall–Kier alpha value is -1.56. The first-order valence-corrected chi connectivity index (χ1v) is 7.88. The summed E-state index contributed by atoms with van der Waals surface area (Å²) in [6.45, 7) is 7.74. The van der Waals surface area contributed by atoms with Crippen LogP contribution in [0, 0.1) is 5.92 Å². The average molecular weight is 295 g/mol. The maximum Gasteiger partial charge on any atom is 0.191 e. The van der Waals surface area contributed by atoms with Gasteiger partial charge in [0.25, 0.3) is 0 Å². The predicted octanol–water partition coefficient (Wildman–Crippen LogP) is 1.24. The molecule has 1 unspecified atom stereocenters. The van der Waals surface area contributed by atoms with Crippen molar-refractivity contribution in [3.05, 3.63) is 18.7 Å². The fourth-order valence-corrected chi connectivity index (χ4v) is 2.20. The first kappa shape index (κ1) is 17.5. The van der Waals surface area contributed by atoms with E-state index in [2.05, 4.69) is 34.5 Å². The molecule has 0 aliphatic carbocycles. The molecule has 0 spiro atoms. The van der Waals surface area contributed by atoms with E-state index in [9.17, 15) is 0 Å². The van der Waals surface area contributed by atoms with E-state index in [0.717, 1.165) is 51.4 Å². The molecule has 3 N–H and O–H groups in total. The normalized spacial score (nSPS) is 13.2. The molecule has 6 heteroatoms. The van der Waals surface area contributed by atoms with Gasteiger partial charge in [-0.1, -0.05) is 13.3 Å². The van der Waals surface area contributed by atoms with E-state index in [1.165, 1.54) is 0 Å². The summed E-state index contributed by atoms with van der Waals surface area (Å²) in [4.78, 5) is 8.65. The number of imidazole rings is 1. The number of nitrogens with zero attached hydrogens (tertiary/aromatic N) is 3. The van der Waals surface area contributed by atoms with E-state index in [1.54, 1.807) is 6.20 Å². The maximum atomic E-state index is 9.09. The third-order valence-corrected chi connectivity index (χ3v) is 3.31. The molecule has 0 aliphatic heterocycles. The molecule has 0 aromatic carbocycles. The molecule has 0 aliphatic rings. The largest absolute Gasteiger partial charge is 0.396 e. The van der Waals surface area contributed by atoms with Crippen LogP contribution in [0.1, 0.15) is 33.1 Å². The van der Waals surface area contributed by atoms with Crippen LogP contribution >= 0.6 is 0 Å². The maximum absolute atomic E-state index is 9.09. The molecule has 1 aromatic heterocycles. The van der Waals surface area contributed by atoms with Gasteiger partial charge in [0.2, 0.25) is 0 Å². The van der Waals surface area contributed by atoms with Crippen LogP contribution in [0.25, 0.3) is 0 Å². The van der Waals surface area contributed by atoms with Crippen LogP contribution in [0.3, 0.4) is 0 Å². The summed E-state index contributed by atoms with van der Waals surface area (Å²) in [5.74, 6) is 1.31. The third kappa shape index (κ3) is 7.70. The number of hydrogen-bond donors (Lipinski definition) is 3. The van der Waals surface area contributed by atoms with Gasteiger partial charge in [-0.25, -0.2) is 4.98 Å². The molecule has 0 bridgehead atoms. The molecule has 1 atom stereocenters. The highest BCUT2D eigenvalue weighted by Gasteiger charge is 2.07. The van der Waals surface area contributed by atoms with Crippen LogP contribution in [-0.2, 0) is 6.54 Å². The Morgan fingerprint density at radius 3 is 2.81 bits per heavy atom. The van der Waals surface area contributed by atoms with Crippen molar-refractivity contribution in [3.8, 4) is 0 Å². The summed E-state index contributed by atoms with van der Waals surface area (Å²) in [6, 6.07) is 0. The van der Waals surface area contributed by atoms with Gasteiger partial charge in [0, 0.05) is 45.2 Å². The first-order chi connectivity index (χ1) is 10.3. The summed E-state index contributed by atoms with van der Waals surface area (Å²) >= 11 is 0. The fourth-order valence-electron chi connectivity index (χ4n) is 2.20. The summed E-state index contributed by atoms with van der Waals surface area (Å²) < 4.78 is 2.03. The van der Waals surface area contributed by atoms with Crippen molar-refractivity contribution in [3.63, 3.8) is 0 Å². The Labute approximate surface area is 127 Å². The van der Waals surface area contributed by atoms with Gasteiger partial charge in [0.15, 0.2) is 5.96 Å². The standard InChI is InChI=1S/C15H29N5O/c1-3-5-14(6-11-21)12-19-15(17-4-2)18-8-10-20-9-7-16-13-20/h7,9,13-14,21H,3-6,8,10-12H2,1-2H3,(H2,17,18,19). The second-order valence-electron chi connectivity index (χ2n) is 5.11. The van der Waals surface area contributed by atoms with Gasteiger partial charge in [-0.3, -0.25) is 4.99 Å². The van der Waals surface area contributed by atoms with E-state index in [1.807, 2.05) is 17.1 Å². The lowest BCUT2D eigenvalue weighted by molar-refractivity contribution is 0.253. The van der Waals surface area contributed by atoms with Gasteiger partial charge in [-0.05, 0) is 25.7 Å². The van der Waals surface area contributed by atoms with Crippen molar-refractivity contribution in [2.24, 2.45) is 10.9 Å². The zero-order chi connectivity index (χ0) is 15.3. The molecule has 120 valence electrons. The molecule has 0 saturated carbocycles. The second-order valence-corrected chi connectivity index (χ2v) is 5.11. The molecule has 1 rings (SSSR count). The van der Waals surface area contributed by atoms with Crippen molar-refractivity contribution in [2.45, 2.75) is 39.7 Å². The van der Waals surface area contributed by atoms with E-state index in [4.69, 9.17) is 5.11 Å². The lowest BCUT2D eigenvalue weighted by atomic mass is 10.0. The Kier molecular flexibility index (Phi) is 9.28. The minimum absolute atomic E-state index is 0.241. The molecular weight excluding hydrogens is 266 g/mol. The van der Waals surface area contributed by atoms with Gasteiger partial charge in [-0.2, -0.15) is 0 Å². The number of nitrogens with one attached hydrogen (secondary N) is 2. The Morgan fingerprint density at radius 2 is 2.19 bits per heavy atom. The molecule has 0 radical (unpaired) electrons. The van der Waals surface area contributed by atoms with E-state index < -0.39 is 0 Å². The molecule has 0 fully saturated rings. The average Bonchev–Trinajstić information content (AvgIpc) is 2.98. The molecular formula is C15H29N5O. The number of aromatic nitrogens is 2. The number of aliphatic hydroxyl groups is 1. The van der Waals surface area contributed by atoms with Gasteiger partial charge in [-0.15, -0.1) is 0 Å². The van der Waals surface area contributed by atoms with E-state index in [0.29, 0.717) is 5.92 Å². The summed E-state index contributed by atoms with van der Waals surface area (Å²) in [7, 11) is 0. The fraction of sp³-hybridized carbons (Fsp3) is 0.733. The van der Waals surface area contributed by atoms with Crippen LogP contribution in [-0.4, -0.2) is 46.9 Å². The molecule has 1 aromatic rings. The highest BCUT2D eigenvalue weighted by molar-refractivity contribution is 5.79. The zero-order valence-electron chi connectivity index (χ0n) is 13.3. The molecule has 0 amide bonds. The summed E-state index contributed by atoms with van der Waals surface area (Å²) in [5.41, 5.74) is 0. The Morgan fingerprint density at radius 1 is 1.33 bits per heavy atom. The quantitative estimate of drug-likeness (QED) is 0.448. The van der Waals surface area contributed by atoms with Gasteiger partial charge in [0.05, 0.1) is 6.33 Å². The summed E-state index contributed by atoms with van der Waals surface area (Å²) in [6.07, 6.45) is 8.60. The van der Waals surface area contributed by atoms with E-state index in [-0.39, 0.29) is 6.61 Å². The van der Waals surface area contributed by atoms with Crippen LogP contribution in [0.5, 0.6) is 0 Å². The number of aliphatic hydroxyl groups excluding tert-OH is 1. The Bertz CT molecular complexity index is 371.